The van der Waals surface area contributed by atoms with E-state index in [1.54, 1.807) is 36.4 Å². The van der Waals surface area contributed by atoms with Crippen molar-refractivity contribution in [1.29, 1.82) is 0 Å². The number of carbonyl (C=O) groups is 4. The molecular weight excluding hydrogens is 532 g/mol. The first-order valence-corrected chi connectivity index (χ1v) is 14.6. The van der Waals surface area contributed by atoms with Crippen LogP contribution in [-0.2, 0) is 32.0 Å². The van der Waals surface area contributed by atoms with Crippen molar-refractivity contribution in [2.24, 2.45) is 11.7 Å². The van der Waals surface area contributed by atoms with Gasteiger partial charge in [-0.3, -0.25) is 14.4 Å². The van der Waals surface area contributed by atoms with Gasteiger partial charge in [0.25, 0.3) is 0 Å². The van der Waals surface area contributed by atoms with Crippen molar-refractivity contribution in [3.05, 3.63) is 65.7 Å². The van der Waals surface area contributed by atoms with Gasteiger partial charge in [0.15, 0.2) is 0 Å². The average molecular weight is 573 g/mol. The van der Waals surface area contributed by atoms with Gasteiger partial charge in [-0.1, -0.05) is 62.7 Å². The Kier molecular flexibility index (Phi) is 13.5. The zero-order valence-electron chi connectivity index (χ0n) is 23.1. The third kappa shape index (κ3) is 10.5. The second-order valence-corrected chi connectivity index (χ2v) is 10.8. The number of benzene rings is 2. The summed E-state index contributed by atoms with van der Waals surface area (Å²) in [6.45, 7) is 3.69. The minimum Gasteiger partial charge on any atom is -0.508 e. The van der Waals surface area contributed by atoms with E-state index in [0.717, 1.165) is 11.1 Å². The zero-order valence-corrected chi connectivity index (χ0v) is 23.9. The lowest BCUT2D eigenvalue weighted by Crippen LogP contribution is -2.59. The molecule has 10 nitrogen and oxygen atoms in total. The Morgan fingerprint density at radius 2 is 1.45 bits per heavy atom. The van der Waals surface area contributed by atoms with E-state index in [9.17, 15) is 29.4 Å². The monoisotopic (exact) mass is 572 g/mol. The molecule has 0 aliphatic heterocycles. The van der Waals surface area contributed by atoms with E-state index in [-0.39, 0.29) is 30.9 Å². The topological polar surface area (TPSA) is 171 Å². The highest BCUT2D eigenvalue weighted by molar-refractivity contribution is 7.98. The van der Waals surface area contributed by atoms with Crippen LogP contribution < -0.4 is 21.7 Å². The number of nitrogens with one attached hydrogen (secondary N) is 3. The van der Waals surface area contributed by atoms with Gasteiger partial charge >= 0.3 is 5.97 Å². The summed E-state index contributed by atoms with van der Waals surface area (Å²) in [6, 6.07) is 11.2. The summed E-state index contributed by atoms with van der Waals surface area (Å²) in [4.78, 5) is 51.4. The summed E-state index contributed by atoms with van der Waals surface area (Å²) in [7, 11) is 0. The summed E-state index contributed by atoms with van der Waals surface area (Å²) in [5.74, 6) is -2.47. The van der Waals surface area contributed by atoms with E-state index in [4.69, 9.17) is 5.73 Å². The fourth-order valence-electron chi connectivity index (χ4n) is 4.03. The molecule has 40 heavy (non-hydrogen) atoms. The van der Waals surface area contributed by atoms with Crippen molar-refractivity contribution in [2.75, 3.05) is 12.0 Å². The zero-order chi connectivity index (χ0) is 29.7. The lowest BCUT2D eigenvalue weighted by Gasteiger charge is -2.28. The van der Waals surface area contributed by atoms with Crippen LogP contribution >= 0.6 is 11.8 Å². The fourth-order valence-corrected chi connectivity index (χ4v) is 4.50. The lowest BCUT2D eigenvalue weighted by molar-refractivity contribution is -0.142. The smallest absolute Gasteiger partial charge is 0.326 e. The number of carbonyl (C=O) groups excluding carboxylic acids is 3. The quantitative estimate of drug-likeness (QED) is 0.177. The largest absolute Gasteiger partial charge is 0.508 e. The first-order chi connectivity index (χ1) is 19.0. The Balaban J connectivity index is 2.12. The number of nitrogens with two attached hydrogens (primary N) is 1. The minimum absolute atomic E-state index is 0.0928. The normalized spacial score (nSPS) is 14.7. The summed E-state index contributed by atoms with van der Waals surface area (Å²) < 4.78 is 0. The SMILES string of the molecule is CCC(C)C(NC(=O)C(N)Cc1ccc(O)cc1)C(=O)NC(CCSC)C(=O)NC(Cc1ccccc1)C(=O)O. The number of aliphatic carboxylic acids is 1. The van der Waals surface area contributed by atoms with Crippen LogP contribution in [0.1, 0.15) is 37.8 Å². The van der Waals surface area contributed by atoms with Gasteiger partial charge in [-0.05, 0) is 54.0 Å². The lowest BCUT2D eigenvalue weighted by atomic mass is 9.96. The second kappa shape index (κ2) is 16.5. The molecule has 11 heteroatoms. The van der Waals surface area contributed by atoms with Gasteiger partial charge in [-0.2, -0.15) is 11.8 Å². The molecule has 7 N–H and O–H groups in total. The van der Waals surface area contributed by atoms with Gasteiger partial charge < -0.3 is 31.9 Å². The number of aromatic hydroxyl groups is 1. The van der Waals surface area contributed by atoms with Crippen molar-refractivity contribution in [3.8, 4) is 5.75 Å². The molecule has 5 atom stereocenters. The van der Waals surface area contributed by atoms with Crippen LogP contribution in [0.25, 0.3) is 0 Å². The van der Waals surface area contributed by atoms with E-state index in [2.05, 4.69) is 16.0 Å². The second-order valence-electron chi connectivity index (χ2n) is 9.78. The molecule has 0 heterocycles. The molecule has 0 bridgehead atoms. The molecule has 0 aromatic heterocycles. The summed E-state index contributed by atoms with van der Waals surface area (Å²) in [5.41, 5.74) is 7.62. The molecule has 2 aromatic carbocycles. The molecule has 0 fully saturated rings. The molecule has 2 rings (SSSR count). The Hall–Kier alpha value is -3.57. The van der Waals surface area contributed by atoms with Gasteiger partial charge in [0.2, 0.25) is 17.7 Å². The number of rotatable bonds is 16. The Labute approximate surface area is 239 Å². The molecule has 0 radical (unpaired) electrons. The third-order valence-corrected chi connectivity index (χ3v) is 7.31. The van der Waals surface area contributed by atoms with Gasteiger partial charge in [0.05, 0.1) is 6.04 Å². The maximum absolute atomic E-state index is 13.4. The van der Waals surface area contributed by atoms with E-state index >= 15 is 0 Å². The first kappa shape index (κ1) is 32.6. The maximum atomic E-state index is 13.4. The minimum atomic E-state index is -1.18. The van der Waals surface area contributed by atoms with Crippen LogP contribution in [0, 0.1) is 5.92 Å². The summed E-state index contributed by atoms with van der Waals surface area (Å²) >= 11 is 1.49. The first-order valence-electron chi connectivity index (χ1n) is 13.3. The Morgan fingerprint density at radius 1 is 0.850 bits per heavy atom. The van der Waals surface area contributed by atoms with E-state index < -0.39 is 47.9 Å². The van der Waals surface area contributed by atoms with Gasteiger partial charge in [-0.15, -0.1) is 0 Å². The van der Waals surface area contributed by atoms with Crippen LogP contribution in [0.4, 0.5) is 0 Å². The molecule has 0 saturated carbocycles. The van der Waals surface area contributed by atoms with Crippen molar-refractivity contribution in [2.45, 2.75) is 63.7 Å². The summed E-state index contributed by atoms with van der Waals surface area (Å²) in [6.07, 6.45) is 3.01. The fraction of sp³-hybridized carbons (Fsp3) is 0.448. The van der Waals surface area contributed by atoms with Gasteiger partial charge in [-0.25, -0.2) is 4.79 Å². The summed E-state index contributed by atoms with van der Waals surface area (Å²) in [5, 5.41) is 27.2. The molecule has 0 saturated heterocycles. The number of phenols is 1. The number of hydrogen-bond acceptors (Lipinski definition) is 7. The van der Waals surface area contributed by atoms with Crippen molar-refractivity contribution < 1.29 is 29.4 Å². The predicted octanol–water partition coefficient (Wildman–Crippen LogP) is 1.84. The molecule has 0 spiro atoms. The molecule has 218 valence electrons. The van der Waals surface area contributed by atoms with Crippen molar-refractivity contribution >= 4 is 35.5 Å². The number of carboxylic acid groups (broad SMARTS) is 1. The Bertz CT molecular complexity index is 1120. The van der Waals surface area contributed by atoms with Gasteiger partial charge in [0.1, 0.15) is 23.9 Å². The van der Waals surface area contributed by atoms with E-state index in [0.29, 0.717) is 12.2 Å². The maximum Gasteiger partial charge on any atom is 0.326 e. The highest BCUT2D eigenvalue weighted by Crippen LogP contribution is 2.13. The number of hydrogen-bond donors (Lipinski definition) is 6. The number of thioether (sulfide) groups is 1. The van der Waals surface area contributed by atoms with Crippen LogP contribution in [0.2, 0.25) is 0 Å². The number of carboxylic acids is 1. The average Bonchev–Trinajstić information content (AvgIpc) is 2.94. The van der Waals surface area contributed by atoms with Crippen molar-refractivity contribution in [3.63, 3.8) is 0 Å². The van der Waals surface area contributed by atoms with Crippen LogP contribution in [-0.4, -0.2) is 70.1 Å². The standard InChI is InChI=1S/C29H40N4O6S/c1-4-18(2)25(33-26(35)22(30)16-20-10-12-21(34)13-11-20)28(37)31-23(14-15-40-3)27(36)32-24(29(38)39)17-19-8-6-5-7-9-19/h5-13,18,22-25,34H,4,14-17,30H2,1-3H3,(H,31,37)(H,32,36)(H,33,35)(H,38,39). The number of amides is 3. The van der Waals surface area contributed by atoms with Crippen LogP contribution in [0.15, 0.2) is 54.6 Å². The van der Waals surface area contributed by atoms with E-state index in [1.807, 2.05) is 26.2 Å². The van der Waals surface area contributed by atoms with E-state index in [1.165, 1.54) is 23.9 Å². The molecule has 3 amide bonds. The highest BCUT2D eigenvalue weighted by Gasteiger charge is 2.32. The van der Waals surface area contributed by atoms with Gasteiger partial charge in [0, 0.05) is 6.42 Å². The molecule has 5 unspecified atom stereocenters. The third-order valence-electron chi connectivity index (χ3n) is 6.66. The molecule has 0 aliphatic carbocycles. The molecular formula is C29H40N4O6S. The molecule has 2 aromatic rings. The molecule has 0 aliphatic rings. The predicted molar refractivity (Wildman–Crippen MR) is 156 cm³/mol. The Morgan fingerprint density at radius 3 is 2.02 bits per heavy atom. The van der Waals surface area contributed by atoms with Crippen LogP contribution in [0.3, 0.4) is 0 Å². The highest BCUT2D eigenvalue weighted by atomic mass is 32.2. The van der Waals surface area contributed by atoms with Crippen LogP contribution in [0.5, 0.6) is 5.75 Å². The van der Waals surface area contributed by atoms with Crippen molar-refractivity contribution in [1.82, 2.24) is 16.0 Å². The number of phenolic OH excluding ortho intramolecular Hbond substituents is 1.